The fourth-order valence-corrected chi connectivity index (χ4v) is 11.9. The van der Waals surface area contributed by atoms with Crippen molar-refractivity contribution < 1.29 is 4.42 Å². The first-order valence-corrected chi connectivity index (χ1v) is 18.8. The highest BCUT2D eigenvalue weighted by Gasteiger charge is 2.41. The third kappa shape index (κ3) is 5.12. The zero-order valence-electron chi connectivity index (χ0n) is 27.1. The second-order valence-corrected chi connectivity index (χ2v) is 16.2. The second-order valence-electron chi connectivity index (χ2n) is 12.4. The number of benzene rings is 7. The smallest absolute Gasteiger partial charge is 0.179 e. The van der Waals surface area contributed by atoms with E-state index in [0.717, 1.165) is 38.6 Å². The van der Waals surface area contributed by atoms with Crippen LogP contribution >= 0.6 is 0 Å². The summed E-state index contributed by atoms with van der Waals surface area (Å²) in [5.41, 5.74) is 4.63. The van der Waals surface area contributed by atoms with Gasteiger partial charge in [0.15, 0.2) is 25.5 Å². The van der Waals surface area contributed by atoms with Gasteiger partial charge < -0.3 is 4.42 Å². The van der Waals surface area contributed by atoms with Gasteiger partial charge in [-0.2, -0.15) is 0 Å². The van der Waals surface area contributed by atoms with Gasteiger partial charge in [-0.25, -0.2) is 15.0 Å². The van der Waals surface area contributed by atoms with Crippen molar-refractivity contribution in [2.24, 2.45) is 0 Å². The van der Waals surface area contributed by atoms with E-state index < -0.39 is 8.07 Å². The minimum Gasteiger partial charge on any atom is -0.456 e. The van der Waals surface area contributed by atoms with E-state index in [9.17, 15) is 0 Å². The van der Waals surface area contributed by atoms with Crippen LogP contribution in [0.3, 0.4) is 0 Å². The highest BCUT2D eigenvalue weighted by molar-refractivity contribution is 7.20. The van der Waals surface area contributed by atoms with Gasteiger partial charge in [0, 0.05) is 27.5 Å². The van der Waals surface area contributed by atoms with Gasteiger partial charge in [-0.05, 0) is 32.9 Å². The molecule has 0 amide bonds. The number of fused-ring (bicyclic) bond motifs is 3. The summed E-state index contributed by atoms with van der Waals surface area (Å²) in [5.74, 6) is 1.94. The molecule has 0 spiro atoms. The molecule has 0 aliphatic heterocycles. The number of para-hydroxylation sites is 1. The maximum atomic E-state index is 6.28. The van der Waals surface area contributed by atoms with Crippen molar-refractivity contribution in [2.75, 3.05) is 0 Å². The molecule has 9 aromatic rings. The summed E-state index contributed by atoms with van der Waals surface area (Å²) >= 11 is 0. The largest absolute Gasteiger partial charge is 0.456 e. The summed E-state index contributed by atoms with van der Waals surface area (Å²) in [6.07, 6.45) is 0. The standard InChI is InChI=1S/C45H31N3OSi/c1-5-15-32(16-6-1)43-46-44(33-17-7-2-8-18-33)48-45(47-43)34-25-27-37(28-26-34)50(35-19-9-3-10-20-35,36-21-11-4-12-22-36)38-29-30-42-40(31-38)39-23-13-14-24-41(39)49-42/h1-31H. The molecule has 9 rings (SSSR count). The Morgan fingerprint density at radius 2 is 0.720 bits per heavy atom. The first kappa shape index (κ1) is 29.7. The molecule has 0 aliphatic carbocycles. The van der Waals surface area contributed by atoms with Crippen molar-refractivity contribution in [3.63, 3.8) is 0 Å². The van der Waals surface area contributed by atoms with Crippen molar-refractivity contribution in [2.45, 2.75) is 0 Å². The van der Waals surface area contributed by atoms with Crippen molar-refractivity contribution >= 4 is 50.8 Å². The number of aromatic nitrogens is 3. The molecule has 2 aromatic heterocycles. The minimum absolute atomic E-state index is 0.641. The molecule has 0 aliphatic rings. The molecular weight excluding hydrogens is 627 g/mol. The van der Waals surface area contributed by atoms with E-state index in [2.05, 4.69) is 115 Å². The summed E-state index contributed by atoms with van der Waals surface area (Å²) in [4.78, 5) is 14.9. The van der Waals surface area contributed by atoms with Crippen molar-refractivity contribution in [3.8, 4) is 34.2 Å². The SMILES string of the molecule is c1ccc(-c2nc(-c3ccccc3)nc(-c3ccc([Si](c4ccccc4)(c4ccccc4)c4ccc5oc6ccccc6c5c4)cc3)n2)cc1. The molecule has 0 atom stereocenters. The van der Waals surface area contributed by atoms with Crippen molar-refractivity contribution in [1.29, 1.82) is 0 Å². The third-order valence-corrected chi connectivity index (χ3v) is 14.3. The Hall–Kier alpha value is -6.43. The van der Waals surface area contributed by atoms with Crippen LogP contribution in [0.2, 0.25) is 0 Å². The fraction of sp³-hybridized carbons (Fsp3) is 0. The van der Waals surface area contributed by atoms with Gasteiger partial charge in [-0.1, -0.05) is 176 Å². The van der Waals surface area contributed by atoms with Crippen molar-refractivity contribution in [3.05, 3.63) is 188 Å². The van der Waals surface area contributed by atoms with Gasteiger partial charge >= 0.3 is 0 Å². The molecule has 236 valence electrons. The second kappa shape index (κ2) is 12.5. The predicted octanol–water partition coefficient (Wildman–Crippen LogP) is 8.15. The average molecular weight is 658 g/mol. The summed E-state index contributed by atoms with van der Waals surface area (Å²) in [5, 5.41) is 7.44. The lowest BCUT2D eigenvalue weighted by molar-refractivity contribution is 0.669. The van der Waals surface area contributed by atoms with Gasteiger partial charge in [0.05, 0.1) is 0 Å². The molecule has 0 unspecified atom stereocenters. The van der Waals surface area contributed by atoms with E-state index >= 15 is 0 Å². The van der Waals surface area contributed by atoms with E-state index in [-0.39, 0.29) is 0 Å². The molecule has 0 bridgehead atoms. The normalized spacial score (nSPS) is 11.6. The van der Waals surface area contributed by atoms with E-state index in [1.54, 1.807) is 0 Å². The molecule has 2 heterocycles. The molecule has 0 saturated carbocycles. The molecule has 0 saturated heterocycles. The minimum atomic E-state index is -2.82. The van der Waals surface area contributed by atoms with Crippen LogP contribution < -0.4 is 20.7 Å². The monoisotopic (exact) mass is 657 g/mol. The van der Waals surface area contributed by atoms with Crippen molar-refractivity contribution in [1.82, 2.24) is 15.0 Å². The molecular formula is C45H31N3OSi. The van der Waals surface area contributed by atoms with Crippen LogP contribution in [-0.2, 0) is 0 Å². The lowest BCUT2D eigenvalue weighted by Crippen LogP contribution is -2.74. The molecule has 0 fully saturated rings. The van der Waals surface area contributed by atoms with Crippen LogP contribution in [0.25, 0.3) is 56.1 Å². The fourth-order valence-electron chi connectivity index (χ4n) is 7.14. The Morgan fingerprint density at radius 1 is 0.320 bits per heavy atom. The van der Waals surface area contributed by atoms with Gasteiger partial charge in [0.1, 0.15) is 11.2 Å². The Bertz CT molecular complexity index is 2470. The Kier molecular flexibility index (Phi) is 7.45. The van der Waals surface area contributed by atoms with Crippen LogP contribution in [0.1, 0.15) is 0 Å². The highest BCUT2D eigenvalue weighted by Crippen LogP contribution is 2.29. The molecule has 0 radical (unpaired) electrons. The van der Waals surface area contributed by atoms with E-state index in [1.807, 2.05) is 72.8 Å². The summed E-state index contributed by atoms with van der Waals surface area (Å²) in [7, 11) is -2.82. The van der Waals surface area contributed by atoms with Gasteiger partial charge in [-0.3, -0.25) is 0 Å². The van der Waals surface area contributed by atoms with Gasteiger partial charge in [0.2, 0.25) is 0 Å². The number of rotatable bonds is 7. The van der Waals surface area contributed by atoms with Gasteiger partial charge in [-0.15, -0.1) is 0 Å². The molecule has 50 heavy (non-hydrogen) atoms. The topological polar surface area (TPSA) is 51.8 Å². The van der Waals surface area contributed by atoms with Crippen LogP contribution in [-0.4, -0.2) is 23.0 Å². The maximum absolute atomic E-state index is 6.28. The van der Waals surface area contributed by atoms with Crippen LogP contribution in [0.15, 0.2) is 192 Å². The van der Waals surface area contributed by atoms with E-state index in [1.165, 1.54) is 20.7 Å². The van der Waals surface area contributed by atoms with E-state index in [0.29, 0.717) is 17.5 Å². The van der Waals surface area contributed by atoms with Crippen LogP contribution in [0.5, 0.6) is 0 Å². The number of hydrogen-bond acceptors (Lipinski definition) is 4. The Balaban J connectivity index is 1.26. The zero-order valence-corrected chi connectivity index (χ0v) is 28.1. The summed E-state index contributed by atoms with van der Waals surface area (Å²) < 4.78 is 6.28. The van der Waals surface area contributed by atoms with E-state index in [4.69, 9.17) is 19.4 Å². The van der Waals surface area contributed by atoms with Crippen LogP contribution in [0, 0.1) is 0 Å². The summed E-state index contributed by atoms with van der Waals surface area (Å²) in [6.45, 7) is 0. The first-order valence-electron chi connectivity index (χ1n) is 16.8. The maximum Gasteiger partial charge on any atom is 0.179 e. The Morgan fingerprint density at radius 3 is 1.26 bits per heavy atom. The number of hydrogen-bond donors (Lipinski definition) is 0. The number of furan rings is 1. The molecule has 4 nitrogen and oxygen atoms in total. The Labute approximate surface area is 291 Å². The summed E-state index contributed by atoms with van der Waals surface area (Å²) in [6, 6.07) is 66.2. The zero-order chi connectivity index (χ0) is 33.3. The van der Waals surface area contributed by atoms with Gasteiger partial charge in [0.25, 0.3) is 0 Å². The first-order chi connectivity index (χ1) is 24.8. The number of nitrogens with zero attached hydrogens (tertiary/aromatic N) is 3. The third-order valence-electron chi connectivity index (χ3n) is 9.50. The molecule has 7 aromatic carbocycles. The average Bonchev–Trinajstić information content (AvgIpc) is 3.58. The highest BCUT2D eigenvalue weighted by atomic mass is 28.3. The predicted molar refractivity (Wildman–Crippen MR) is 207 cm³/mol. The lowest BCUT2D eigenvalue weighted by atomic mass is 10.1. The quantitative estimate of drug-likeness (QED) is 0.128. The molecule has 5 heteroatoms. The molecule has 0 N–H and O–H groups in total. The lowest BCUT2D eigenvalue weighted by Gasteiger charge is -2.34. The van der Waals surface area contributed by atoms with Crippen LogP contribution in [0.4, 0.5) is 0 Å².